The highest BCUT2D eigenvalue weighted by Gasteiger charge is 2.40. The standard InChI is InChI=1S/C13H18O3/c1-2-16-12(14)7-6-10-8-9-4-3-5-11(9)13(10)15/h6,9,11H,2-5,7-8H2,1H3/b10-6-/t9-,11-/m0/s1. The predicted octanol–water partition coefficient (Wildman–Crippen LogP) is 2.26. The Hall–Kier alpha value is -1.12. The molecule has 2 atom stereocenters. The van der Waals surface area contributed by atoms with Crippen LogP contribution in [0.2, 0.25) is 0 Å². The lowest BCUT2D eigenvalue weighted by Crippen LogP contribution is -2.08. The minimum atomic E-state index is -0.236. The van der Waals surface area contributed by atoms with E-state index in [1.807, 2.05) is 0 Å². The number of Topliss-reactive ketones (excluding diaryl/α,β-unsaturated/α-hetero) is 1. The number of ether oxygens (including phenoxy) is 1. The van der Waals surface area contributed by atoms with E-state index in [4.69, 9.17) is 4.74 Å². The Morgan fingerprint density at radius 1 is 1.50 bits per heavy atom. The summed E-state index contributed by atoms with van der Waals surface area (Å²) in [6, 6.07) is 0. The van der Waals surface area contributed by atoms with Gasteiger partial charge in [-0.1, -0.05) is 12.5 Å². The molecule has 0 radical (unpaired) electrons. The molecule has 0 aliphatic heterocycles. The molecule has 0 aromatic rings. The molecule has 0 saturated heterocycles. The average Bonchev–Trinajstić information content (AvgIpc) is 2.80. The summed E-state index contributed by atoms with van der Waals surface area (Å²) < 4.78 is 4.84. The monoisotopic (exact) mass is 222 g/mol. The van der Waals surface area contributed by atoms with Gasteiger partial charge in [0.25, 0.3) is 0 Å². The van der Waals surface area contributed by atoms with E-state index in [-0.39, 0.29) is 24.1 Å². The Labute approximate surface area is 95.9 Å². The normalized spacial score (nSPS) is 30.8. The van der Waals surface area contributed by atoms with Gasteiger partial charge < -0.3 is 4.74 Å². The number of carbonyl (C=O) groups is 2. The van der Waals surface area contributed by atoms with Gasteiger partial charge in [-0.3, -0.25) is 9.59 Å². The molecule has 88 valence electrons. The summed E-state index contributed by atoms with van der Waals surface area (Å²) in [5, 5.41) is 0. The minimum absolute atomic E-state index is 0.236. The first-order valence-electron chi connectivity index (χ1n) is 6.11. The van der Waals surface area contributed by atoms with Crippen LogP contribution in [0.5, 0.6) is 0 Å². The zero-order chi connectivity index (χ0) is 11.5. The fraction of sp³-hybridized carbons (Fsp3) is 0.692. The first-order valence-corrected chi connectivity index (χ1v) is 6.11. The largest absolute Gasteiger partial charge is 0.466 e. The molecule has 16 heavy (non-hydrogen) atoms. The Bertz CT molecular complexity index is 330. The molecule has 0 heterocycles. The van der Waals surface area contributed by atoms with Gasteiger partial charge in [0.05, 0.1) is 13.0 Å². The second-order valence-corrected chi connectivity index (χ2v) is 4.60. The maximum absolute atomic E-state index is 11.9. The predicted molar refractivity (Wildman–Crippen MR) is 59.8 cm³/mol. The molecule has 0 spiro atoms. The third-order valence-corrected chi connectivity index (χ3v) is 3.61. The van der Waals surface area contributed by atoms with Gasteiger partial charge in [0.15, 0.2) is 5.78 Å². The van der Waals surface area contributed by atoms with Crippen molar-refractivity contribution in [2.24, 2.45) is 11.8 Å². The van der Waals surface area contributed by atoms with Gasteiger partial charge in [-0.15, -0.1) is 0 Å². The maximum atomic E-state index is 11.9. The SMILES string of the molecule is CCOC(=O)C/C=C1/C[C@@H]2CCC[C@@H]2C1=O. The van der Waals surface area contributed by atoms with Crippen LogP contribution < -0.4 is 0 Å². The van der Waals surface area contributed by atoms with Crippen molar-refractivity contribution >= 4 is 11.8 Å². The minimum Gasteiger partial charge on any atom is -0.466 e. The van der Waals surface area contributed by atoms with E-state index in [2.05, 4.69) is 0 Å². The highest BCUT2D eigenvalue weighted by Crippen LogP contribution is 2.44. The van der Waals surface area contributed by atoms with Crippen molar-refractivity contribution in [3.05, 3.63) is 11.6 Å². The Kier molecular flexibility index (Phi) is 3.42. The summed E-state index contributed by atoms with van der Waals surface area (Å²) in [4.78, 5) is 23.1. The van der Waals surface area contributed by atoms with Crippen molar-refractivity contribution in [3.63, 3.8) is 0 Å². The fourth-order valence-corrected chi connectivity index (χ4v) is 2.86. The zero-order valence-corrected chi connectivity index (χ0v) is 9.70. The molecule has 2 fully saturated rings. The molecular formula is C13H18O3. The van der Waals surface area contributed by atoms with E-state index < -0.39 is 0 Å². The van der Waals surface area contributed by atoms with Gasteiger partial charge in [0.2, 0.25) is 0 Å². The number of esters is 1. The van der Waals surface area contributed by atoms with Crippen molar-refractivity contribution in [2.75, 3.05) is 6.61 Å². The van der Waals surface area contributed by atoms with Crippen molar-refractivity contribution in [3.8, 4) is 0 Å². The topological polar surface area (TPSA) is 43.4 Å². The Morgan fingerprint density at radius 2 is 2.31 bits per heavy atom. The number of allylic oxidation sites excluding steroid dienone is 1. The zero-order valence-electron chi connectivity index (χ0n) is 9.70. The number of hydrogen-bond acceptors (Lipinski definition) is 3. The van der Waals surface area contributed by atoms with Gasteiger partial charge >= 0.3 is 5.97 Å². The van der Waals surface area contributed by atoms with Crippen LogP contribution in [0, 0.1) is 11.8 Å². The quantitative estimate of drug-likeness (QED) is 0.543. The summed E-state index contributed by atoms with van der Waals surface area (Å²) in [6.45, 7) is 2.19. The average molecular weight is 222 g/mol. The maximum Gasteiger partial charge on any atom is 0.309 e. The number of rotatable bonds is 3. The van der Waals surface area contributed by atoms with Crippen molar-refractivity contribution < 1.29 is 14.3 Å². The van der Waals surface area contributed by atoms with E-state index in [1.54, 1.807) is 13.0 Å². The van der Waals surface area contributed by atoms with Crippen molar-refractivity contribution in [1.29, 1.82) is 0 Å². The van der Waals surface area contributed by atoms with Crippen LogP contribution in [0.25, 0.3) is 0 Å². The summed E-state index contributed by atoms with van der Waals surface area (Å²) in [6.07, 6.45) is 6.30. The lowest BCUT2D eigenvalue weighted by molar-refractivity contribution is -0.142. The van der Waals surface area contributed by atoms with Gasteiger partial charge in [0.1, 0.15) is 0 Å². The van der Waals surface area contributed by atoms with Gasteiger partial charge in [-0.25, -0.2) is 0 Å². The van der Waals surface area contributed by atoms with Gasteiger partial charge in [0, 0.05) is 5.92 Å². The molecule has 0 N–H and O–H groups in total. The molecule has 0 aromatic heterocycles. The Morgan fingerprint density at radius 3 is 3.00 bits per heavy atom. The fourth-order valence-electron chi connectivity index (χ4n) is 2.86. The van der Waals surface area contributed by atoms with E-state index >= 15 is 0 Å². The second-order valence-electron chi connectivity index (χ2n) is 4.60. The first-order chi connectivity index (χ1) is 7.72. The molecular weight excluding hydrogens is 204 g/mol. The summed E-state index contributed by atoms with van der Waals surface area (Å²) in [7, 11) is 0. The molecule has 2 rings (SSSR count). The van der Waals surface area contributed by atoms with Crippen LogP contribution in [0.4, 0.5) is 0 Å². The molecule has 3 nitrogen and oxygen atoms in total. The lowest BCUT2D eigenvalue weighted by Gasteiger charge is -2.02. The molecule has 0 aromatic carbocycles. The van der Waals surface area contributed by atoms with Crippen LogP contribution in [0.15, 0.2) is 11.6 Å². The summed E-state index contributed by atoms with van der Waals surface area (Å²) in [5.41, 5.74) is 0.864. The number of carbonyl (C=O) groups excluding carboxylic acids is 2. The van der Waals surface area contributed by atoms with Crippen LogP contribution in [-0.4, -0.2) is 18.4 Å². The van der Waals surface area contributed by atoms with Crippen molar-refractivity contribution in [1.82, 2.24) is 0 Å². The van der Waals surface area contributed by atoms with E-state index in [1.165, 1.54) is 12.8 Å². The third-order valence-electron chi connectivity index (χ3n) is 3.61. The highest BCUT2D eigenvalue weighted by molar-refractivity contribution is 6.00. The molecule has 0 unspecified atom stereocenters. The van der Waals surface area contributed by atoms with Crippen LogP contribution in [0.1, 0.15) is 39.0 Å². The van der Waals surface area contributed by atoms with E-state index in [9.17, 15) is 9.59 Å². The van der Waals surface area contributed by atoms with Gasteiger partial charge in [-0.05, 0) is 37.7 Å². The Balaban J connectivity index is 1.93. The third kappa shape index (κ3) is 2.18. The highest BCUT2D eigenvalue weighted by atomic mass is 16.5. The van der Waals surface area contributed by atoms with Crippen LogP contribution in [0.3, 0.4) is 0 Å². The van der Waals surface area contributed by atoms with Gasteiger partial charge in [-0.2, -0.15) is 0 Å². The molecule has 0 amide bonds. The van der Waals surface area contributed by atoms with E-state index in [0.29, 0.717) is 12.5 Å². The molecule has 2 saturated carbocycles. The van der Waals surface area contributed by atoms with Crippen molar-refractivity contribution in [2.45, 2.75) is 39.0 Å². The van der Waals surface area contributed by atoms with Crippen LogP contribution >= 0.6 is 0 Å². The lowest BCUT2D eigenvalue weighted by atomic mass is 10.0. The summed E-state index contributed by atoms with van der Waals surface area (Å²) >= 11 is 0. The molecule has 2 aliphatic carbocycles. The molecule has 3 heteroatoms. The molecule has 2 aliphatic rings. The number of fused-ring (bicyclic) bond motifs is 1. The summed E-state index contributed by atoms with van der Waals surface area (Å²) in [5.74, 6) is 0.862. The number of hydrogen-bond donors (Lipinski definition) is 0. The van der Waals surface area contributed by atoms with Crippen LogP contribution in [-0.2, 0) is 14.3 Å². The smallest absolute Gasteiger partial charge is 0.309 e. The van der Waals surface area contributed by atoms with E-state index in [0.717, 1.165) is 18.4 Å². The first kappa shape index (κ1) is 11.4. The molecule has 0 bridgehead atoms. The number of ketones is 1. The second kappa shape index (κ2) is 4.81.